The minimum atomic E-state index is 0. The van der Waals surface area contributed by atoms with Crippen LogP contribution in [0.3, 0.4) is 0 Å². The van der Waals surface area contributed by atoms with Crippen LogP contribution in [0.5, 0.6) is 0 Å². The monoisotopic (exact) mass is 288 g/mol. The van der Waals surface area contributed by atoms with Crippen LogP contribution >= 0.6 is 24.8 Å². The lowest BCUT2D eigenvalue weighted by molar-refractivity contribution is 0.505. The normalized spacial score (nSPS) is 8.82. The smallest absolute Gasteiger partial charge is 0.00773 e. The van der Waals surface area contributed by atoms with E-state index in [1.807, 2.05) is 26.0 Å². The predicted octanol–water partition coefficient (Wildman–Crippen LogP) is 4.11. The first kappa shape index (κ1) is 26.1. The molecule has 0 aromatic carbocycles. The van der Waals surface area contributed by atoms with Crippen molar-refractivity contribution in [1.82, 2.24) is 4.90 Å². The molecule has 0 aromatic heterocycles. The van der Waals surface area contributed by atoms with E-state index in [2.05, 4.69) is 6.92 Å². The Bertz CT molecular complexity index is 90.7. The van der Waals surface area contributed by atoms with E-state index in [0.29, 0.717) is 0 Å². The molecule has 0 aliphatic heterocycles. The zero-order valence-corrected chi connectivity index (χ0v) is 13.8. The maximum Gasteiger partial charge on any atom is -0.00773 e. The van der Waals surface area contributed by atoms with Gasteiger partial charge in [0.25, 0.3) is 0 Å². The summed E-state index contributed by atoms with van der Waals surface area (Å²) in [5, 5.41) is 0. The Morgan fingerprint density at radius 1 is 0.706 bits per heavy atom. The van der Waals surface area contributed by atoms with E-state index in [1.165, 1.54) is 51.4 Å². The van der Waals surface area contributed by atoms with Crippen LogP contribution in [0.25, 0.3) is 0 Å². The zero-order valence-electron chi connectivity index (χ0n) is 12.2. The molecule has 0 bridgehead atoms. The van der Waals surface area contributed by atoms with Crippen LogP contribution in [0.1, 0.15) is 58.3 Å². The summed E-state index contributed by atoms with van der Waals surface area (Å²) in [6, 6.07) is 0. The molecule has 0 amide bonds. The molecule has 2 N–H and O–H groups in total. The molecular weight excluding hydrogens is 255 g/mol. The SMILES string of the molecule is CCCCCCCCCCN.CN(C)C.Cl.Cl. The molecule has 110 valence electrons. The van der Waals surface area contributed by atoms with Gasteiger partial charge in [0.05, 0.1) is 0 Å². The third kappa shape index (κ3) is 48.0. The second-order valence-corrected chi connectivity index (χ2v) is 4.61. The third-order valence-corrected chi connectivity index (χ3v) is 2.06. The van der Waals surface area contributed by atoms with Crippen LogP contribution in [-0.4, -0.2) is 32.6 Å². The maximum absolute atomic E-state index is 5.39. The summed E-state index contributed by atoms with van der Waals surface area (Å²) in [4.78, 5) is 2.00. The van der Waals surface area contributed by atoms with E-state index < -0.39 is 0 Å². The summed E-state index contributed by atoms with van der Waals surface area (Å²) in [5.41, 5.74) is 5.39. The Hall–Kier alpha value is 0.500. The highest BCUT2D eigenvalue weighted by Gasteiger charge is 1.89. The van der Waals surface area contributed by atoms with Crippen molar-refractivity contribution in [1.29, 1.82) is 0 Å². The Morgan fingerprint density at radius 2 is 1.00 bits per heavy atom. The molecule has 4 heteroatoms. The van der Waals surface area contributed by atoms with Gasteiger partial charge in [-0.25, -0.2) is 0 Å². The molecule has 0 radical (unpaired) electrons. The fraction of sp³-hybridized carbons (Fsp3) is 1.00. The van der Waals surface area contributed by atoms with E-state index in [0.717, 1.165) is 6.54 Å². The van der Waals surface area contributed by atoms with Gasteiger partial charge in [0.15, 0.2) is 0 Å². The average Bonchev–Trinajstić information content (AvgIpc) is 2.16. The molecule has 0 aromatic rings. The van der Waals surface area contributed by atoms with Gasteiger partial charge in [-0.2, -0.15) is 0 Å². The Balaban J connectivity index is -0.000000123. The van der Waals surface area contributed by atoms with Crippen LogP contribution < -0.4 is 5.73 Å². The first-order valence-corrected chi connectivity index (χ1v) is 6.46. The molecule has 0 unspecified atom stereocenters. The highest BCUT2D eigenvalue weighted by molar-refractivity contribution is 5.85. The van der Waals surface area contributed by atoms with Crippen molar-refractivity contribution < 1.29 is 0 Å². The van der Waals surface area contributed by atoms with Gasteiger partial charge in [-0.15, -0.1) is 24.8 Å². The number of hydrogen-bond acceptors (Lipinski definition) is 2. The van der Waals surface area contributed by atoms with Gasteiger partial charge < -0.3 is 10.6 Å². The number of rotatable bonds is 8. The van der Waals surface area contributed by atoms with Crippen LogP contribution in [0.15, 0.2) is 0 Å². The van der Waals surface area contributed by atoms with Crippen molar-refractivity contribution in [3.63, 3.8) is 0 Å². The van der Waals surface area contributed by atoms with Gasteiger partial charge in [-0.05, 0) is 34.1 Å². The van der Waals surface area contributed by atoms with Gasteiger partial charge in [0, 0.05) is 0 Å². The fourth-order valence-electron chi connectivity index (χ4n) is 1.28. The zero-order chi connectivity index (χ0) is 11.9. The fourth-order valence-corrected chi connectivity index (χ4v) is 1.28. The molecule has 2 nitrogen and oxygen atoms in total. The van der Waals surface area contributed by atoms with Crippen LogP contribution in [0.2, 0.25) is 0 Å². The minimum Gasteiger partial charge on any atom is -0.330 e. The Kier molecular flexibility index (Phi) is 39.0. The number of nitrogens with two attached hydrogens (primary N) is 1. The van der Waals surface area contributed by atoms with Crippen LogP contribution in [0, 0.1) is 0 Å². The molecule has 17 heavy (non-hydrogen) atoms. The summed E-state index contributed by atoms with van der Waals surface area (Å²) in [6.07, 6.45) is 11.0. The summed E-state index contributed by atoms with van der Waals surface area (Å²) in [5.74, 6) is 0. The van der Waals surface area contributed by atoms with E-state index in [9.17, 15) is 0 Å². The van der Waals surface area contributed by atoms with Gasteiger partial charge in [-0.3, -0.25) is 0 Å². The number of hydrogen-bond donors (Lipinski definition) is 1. The van der Waals surface area contributed by atoms with Crippen LogP contribution in [-0.2, 0) is 0 Å². The largest absolute Gasteiger partial charge is 0.330 e. The lowest BCUT2D eigenvalue weighted by atomic mass is 10.1. The summed E-state index contributed by atoms with van der Waals surface area (Å²) in [7, 11) is 6.00. The molecule has 0 fully saturated rings. The van der Waals surface area contributed by atoms with Crippen molar-refractivity contribution >= 4 is 24.8 Å². The first-order valence-electron chi connectivity index (χ1n) is 6.46. The lowest BCUT2D eigenvalue weighted by Crippen LogP contribution is -1.99. The number of nitrogens with zero attached hydrogens (tertiary/aromatic N) is 1. The van der Waals surface area contributed by atoms with Crippen molar-refractivity contribution in [3.8, 4) is 0 Å². The first-order chi connectivity index (χ1) is 7.15. The van der Waals surface area contributed by atoms with E-state index >= 15 is 0 Å². The lowest BCUT2D eigenvalue weighted by Gasteiger charge is -1.99. The topological polar surface area (TPSA) is 29.3 Å². The molecule has 0 saturated heterocycles. The molecular formula is C13H34Cl2N2. The summed E-state index contributed by atoms with van der Waals surface area (Å²) >= 11 is 0. The highest BCUT2D eigenvalue weighted by atomic mass is 35.5. The van der Waals surface area contributed by atoms with Gasteiger partial charge >= 0.3 is 0 Å². The van der Waals surface area contributed by atoms with E-state index in [1.54, 1.807) is 0 Å². The molecule has 0 rings (SSSR count). The highest BCUT2D eigenvalue weighted by Crippen LogP contribution is 2.07. The maximum atomic E-state index is 5.39. The Morgan fingerprint density at radius 3 is 1.29 bits per heavy atom. The summed E-state index contributed by atoms with van der Waals surface area (Å²) < 4.78 is 0. The van der Waals surface area contributed by atoms with Crippen LogP contribution in [0.4, 0.5) is 0 Å². The average molecular weight is 289 g/mol. The predicted molar refractivity (Wildman–Crippen MR) is 85.8 cm³/mol. The van der Waals surface area contributed by atoms with Gasteiger partial charge in [-0.1, -0.05) is 51.9 Å². The third-order valence-electron chi connectivity index (χ3n) is 2.06. The van der Waals surface area contributed by atoms with E-state index in [-0.39, 0.29) is 24.8 Å². The molecule has 0 aliphatic rings. The number of unbranched alkanes of at least 4 members (excludes halogenated alkanes) is 7. The second-order valence-electron chi connectivity index (χ2n) is 4.61. The summed E-state index contributed by atoms with van der Waals surface area (Å²) in [6.45, 7) is 3.13. The number of halogens is 2. The van der Waals surface area contributed by atoms with Crippen molar-refractivity contribution in [3.05, 3.63) is 0 Å². The van der Waals surface area contributed by atoms with Crippen molar-refractivity contribution in [2.75, 3.05) is 27.7 Å². The molecule has 0 heterocycles. The van der Waals surface area contributed by atoms with Gasteiger partial charge in [0.1, 0.15) is 0 Å². The second kappa shape index (κ2) is 25.4. The van der Waals surface area contributed by atoms with Crippen molar-refractivity contribution in [2.24, 2.45) is 5.73 Å². The molecule has 0 spiro atoms. The molecule has 0 aliphatic carbocycles. The standard InChI is InChI=1S/C10H23N.C3H9N.2ClH/c1-2-3-4-5-6-7-8-9-10-11;1-4(2)3;;/h2-11H2,1H3;1-3H3;2*1H. The molecule has 0 saturated carbocycles. The molecule has 0 atom stereocenters. The Labute approximate surface area is 122 Å². The van der Waals surface area contributed by atoms with Gasteiger partial charge in [0.2, 0.25) is 0 Å². The quantitative estimate of drug-likeness (QED) is 0.681. The van der Waals surface area contributed by atoms with E-state index in [4.69, 9.17) is 5.73 Å². The minimum absolute atomic E-state index is 0. The van der Waals surface area contributed by atoms with Crippen molar-refractivity contribution in [2.45, 2.75) is 58.3 Å².